The van der Waals surface area contributed by atoms with Crippen molar-refractivity contribution in [3.05, 3.63) is 23.8 Å². The van der Waals surface area contributed by atoms with Gasteiger partial charge in [-0.25, -0.2) is 0 Å². The zero-order valence-electron chi connectivity index (χ0n) is 15.3. The van der Waals surface area contributed by atoms with Gasteiger partial charge in [0.25, 0.3) is 11.8 Å². The monoisotopic (exact) mass is 373 g/mol. The number of carbonyl (C=O) groups excluding carboxylic acids is 2. The second kappa shape index (κ2) is 10.1. The maximum absolute atomic E-state index is 12.3. The van der Waals surface area contributed by atoms with Crippen molar-refractivity contribution in [1.29, 1.82) is 0 Å². The minimum Gasteiger partial charge on any atom is -0.493 e. The number of benzene rings is 1. The Hall–Kier alpha value is -1.99. The highest BCUT2D eigenvalue weighted by atomic mass is 35.5. The van der Waals surface area contributed by atoms with Crippen molar-refractivity contribution >= 4 is 24.2 Å². The minimum absolute atomic E-state index is 0. The molecule has 7 nitrogen and oxygen atoms in total. The van der Waals surface area contributed by atoms with Gasteiger partial charge in [-0.15, -0.1) is 12.4 Å². The molecule has 0 aromatic heterocycles. The van der Waals surface area contributed by atoms with Gasteiger partial charge in [0.1, 0.15) is 0 Å². The molecule has 4 N–H and O–H groups in total. The summed E-state index contributed by atoms with van der Waals surface area (Å²) in [6, 6.07) is 4.82. The van der Waals surface area contributed by atoms with E-state index >= 15 is 0 Å². The second-order valence-corrected chi connectivity index (χ2v) is 6.42. The van der Waals surface area contributed by atoms with Crippen LogP contribution in [0.2, 0.25) is 0 Å². The van der Waals surface area contributed by atoms with Gasteiger partial charge in [0.05, 0.1) is 7.11 Å². The summed E-state index contributed by atoms with van der Waals surface area (Å²) in [6.07, 6.45) is 0. The van der Waals surface area contributed by atoms with Crippen LogP contribution in [0.15, 0.2) is 18.2 Å². The predicted octanol–water partition coefficient (Wildman–Crippen LogP) is 1.49. The molecule has 0 saturated carbocycles. The van der Waals surface area contributed by atoms with Crippen molar-refractivity contribution < 1.29 is 19.1 Å². The lowest BCUT2D eigenvalue weighted by molar-refractivity contribution is -0.123. The van der Waals surface area contributed by atoms with Gasteiger partial charge in [-0.1, -0.05) is 0 Å². The van der Waals surface area contributed by atoms with E-state index in [2.05, 4.69) is 10.6 Å². The normalized spacial score (nSPS) is 10.7. The molecule has 142 valence electrons. The molecule has 0 spiro atoms. The highest BCUT2D eigenvalue weighted by Crippen LogP contribution is 2.28. The predicted molar refractivity (Wildman–Crippen MR) is 99.6 cm³/mol. The number of hydrogen-bond acceptors (Lipinski definition) is 5. The summed E-state index contributed by atoms with van der Waals surface area (Å²) in [4.78, 5) is 23.9. The number of halogens is 1. The summed E-state index contributed by atoms with van der Waals surface area (Å²) >= 11 is 0. The van der Waals surface area contributed by atoms with Gasteiger partial charge < -0.3 is 25.8 Å². The van der Waals surface area contributed by atoms with E-state index in [1.807, 2.05) is 27.7 Å². The van der Waals surface area contributed by atoms with Gasteiger partial charge in [-0.2, -0.15) is 0 Å². The van der Waals surface area contributed by atoms with E-state index in [0.717, 1.165) is 0 Å². The Labute approximate surface area is 155 Å². The van der Waals surface area contributed by atoms with Crippen LogP contribution in [0.25, 0.3) is 0 Å². The number of nitrogens with two attached hydrogens (primary N) is 1. The molecule has 1 rings (SSSR count). The molecule has 0 aliphatic rings. The van der Waals surface area contributed by atoms with Crippen LogP contribution < -0.4 is 25.8 Å². The summed E-state index contributed by atoms with van der Waals surface area (Å²) in [5.74, 6) is 0.294. The summed E-state index contributed by atoms with van der Waals surface area (Å²) in [6.45, 7) is 7.62. The van der Waals surface area contributed by atoms with Gasteiger partial charge in [0.15, 0.2) is 18.1 Å². The molecule has 0 atom stereocenters. The molecule has 8 heteroatoms. The highest BCUT2D eigenvalue weighted by Gasteiger charge is 2.20. The van der Waals surface area contributed by atoms with Gasteiger partial charge in [-0.05, 0) is 45.9 Å². The first-order chi connectivity index (χ1) is 11.2. The lowest BCUT2D eigenvalue weighted by Crippen LogP contribution is -2.48. The summed E-state index contributed by atoms with van der Waals surface area (Å²) in [7, 11) is 1.47. The van der Waals surface area contributed by atoms with Crippen molar-refractivity contribution in [2.75, 3.05) is 20.3 Å². The van der Waals surface area contributed by atoms with Crippen LogP contribution in [-0.2, 0) is 4.79 Å². The fourth-order valence-electron chi connectivity index (χ4n) is 1.87. The Kier molecular flexibility index (Phi) is 9.30. The third-order valence-corrected chi connectivity index (χ3v) is 3.20. The van der Waals surface area contributed by atoms with E-state index < -0.39 is 5.54 Å². The average molecular weight is 374 g/mol. The van der Waals surface area contributed by atoms with Gasteiger partial charge >= 0.3 is 0 Å². The largest absolute Gasteiger partial charge is 0.493 e. The number of ether oxygens (including phenoxy) is 2. The molecule has 0 fully saturated rings. The molecule has 0 unspecified atom stereocenters. The first kappa shape index (κ1) is 23.0. The number of methoxy groups -OCH3 is 1. The molecule has 0 radical (unpaired) electrons. The standard InChI is InChI=1S/C17H27N3O4.ClH/c1-11(2)19-15(21)9-24-13-7-6-12(8-14(13)23-5)16(22)20-17(3,4)10-18;/h6-8,11H,9-10,18H2,1-5H3,(H,19,21)(H,20,22);1H. The van der Waals surface area contributed by atoms with Crippen LogP contribution in [0.5, 0.6) is 11.5 Å². The Morgan fingerprint density at radius 3 is 2.40 bits per heavy atom. The average Bonchev–Trinajstić information content (AvgIpc) is 2.51. The van der Waals surface area contributed by atoms with E-state index in [1.165, 1.54) is 7.11 Å². The summed E-state index contributed by atoms with van der Waals surface area (Å²) in [5.41, 5.74) is 5.54. The number of carbonyl (C=O) groups is 2. The van der Waals surface area contributed by atoms with Crippen LogP contribution in [0.1, 0.15) is 38.1 Å². The van der Waals surface area contributed by atoms with Crippen LogP contribution in [0.4, 0.5) is 0 Å². The number of nitrogens with one attached hydrogen (secondary N) is 2. The van der Waals surface area contributed by atoms with Crippen LogP contribution in [-0.4, -0.2) is 43.7 Å². The van der Waals surface area contributed by atoms with Crippen LogP contribution in [0, 0.1) is 0 Å². The van der Waals surface area contributed by atoms with Crippen molar-refractivity contribution in [1.82, 2.24) is 10.6 Å². The SMILES string of the molecule is COc1cc(C(=O)NC(C)(C)CN)ccc1OCC(=O)NC(C)C.Cl. The maximum atomic E-state index is 12.3. The molecule has 25 heavy (non-hydrogen) atoms. The number of hydrogen-bond donors (Lipinski definition) is 3. The summed E-state index contributed by atoms with van der Waals surface area (Å²) < 4.78 is 10.7. The molecule has 0 saturated heterocycles. The smallest absolute Gasteiger partial charge is 0.258 e. The molecule has 0 heterocycles. The lowest BCUT2D eigenvalue weighted by Gasteiger charge is -2.24. The molecule has 0 bridgehead atoms. The Balaban J connectivity index is 0.00000576. The molecule has 2 amide bonds. The van der Waals surface area contributed by atoms with Crippen molar-refractivity contribution in [2.24, 2.45) is 5.73 Å². The zero-order valence-corrected chi connectivity index (χ0v) is 16.2. The Morgan fingerprint density at radius 1 is 1.24 bits per heavy atom. The van der Waals surface area contributed by atoms with Crippen LogP contribution in [0.3, 0.4) is 0 Å². The van der Waals surface area contributed by atoms with Gasteiger partial charge in [0, 0.05) is 23.7 Å². The molecule has 0 aliphatic heterocycles. The third kappa shape index (κ3) is 7.62. The van der Waals surface area contributed by atoms with E-state index in [0.29, 0.717) is 23.6 Å². The van der Waals surface area contributed by atoms with Crippen molar-refractivity contribution in [3.63, 3.8) is 0 Å². The second-order valence-electron chi connectivity index (χ2n) is 6.42. The highest BCUT2D eigenvalue weighted by molar-refractivity contribution is 5.95. The Morgan fingerprint density at radius 2 is 1.88 bits per heavy atom. The molecule has 0 aliphatic carbocycles. The molecular weight excluding hydrogens is 346 g/mol. The molecular formula is C17H28ClN3O4. The van der Waals surface area contributed by atoms with Crippen molar-refractivity contribution in [3.8, 4) is 11.5 Å². The number of rotatable bonds is 8. The topological polar surface area (TPSA) is 103 Å². The number of amides is 2. The van der Waals surface area contributed by atoms with Crippen LogP contribution >= 0.6 is 12.4 Å². The minimum atomic E-state index is -0.506. The third-order valence-electron chi connectivity index (χ3n) is 3.20. The first-order valence-electron chi connectivity index (χ1n) is 7.81. The summed E-state index contributed by atoms with van der Waals surface area (Å²) in [5, 5.41) is 5.57. The fraction of sp³-hybridized carbons (Fsp3) is 0.529. The van der Waals surface area contributed by atoms with E-state index in [9.17, 15) is 9.59 Å². The first-order valence-corrected chi connectivity index (χ1v) is 7.81. The quantitative estimate of drug-likeness (QED) is 0.640. The lowest BCUT2D eigenvalue weighted by atomic mass is 10.1. The van der Waals surface area contributed by atoms with E-state index in [4.69, 9.17) is 15.2 Å². The van der Waals surface area contributed by atoms with Gasteiger partial charge in [0.2, 0.25) is 0 Å². The van der Waals surface area contributed by atoms with Crippen molar-refractivity contribution in [2.45, 2.75) is 39.3 Å². The Bertz CT molecular complexity index is 591. The van der Waals surface area contributed by atoms with Gasteiger partial charge in [-0.3, -0.25) is 9.59 Å². The zero-order chi connectivity index (χ0) is 18.3. The maximum Gasteiger partial charge on any atom is 0.258 e. The molecule has 1 aromatic rings. The molecule has 1 aromatic carbocycles. The van der Waals surface area contributed by atoms with E-state index in [1.54, 1.807) is 18.2 Å². The van der Waals surface area contributed by atoms with E-state index in [-0.39, 0.29) is 36.9 Å². The fourth-order valence-corrected chi connectivity index (χ4v) is 1.87.